The molecule has 0 spiro atoms. The zero-order valence-electron chi connectivity index (χ0n) is 20.3. The summed E-state index contributed by atoms with van der Waals surface area (Å²) in [5.74, 6) is 2.21. The molecule has 1 aromatic heterocycles. The summed E-state index contributed by atoms with van der Waals surface area (Å²) in [7, 11) is 1.66. The lowest BCUT2D eigenvalue weighted by atomic mass is 9.75. The molecule has 6 rings (SSSR count). The molecular formula is C24H31N9O3. The number of nitrogens with one attached hydrogen (secondary N) is 3. The van der Waals surface area contributed by atoms with Crippen molar-refractivity contribution in [2.75, 3.05) is 43.6 Å². The first-order chi connectivity index (χ1) is 17.7. The van der Waals surface area contributed by atoms with Crippen molar-refractivity contribution in [1.29, 1.82) is 0 Å². The number of morpholine rings is 1. The number of hydrazine groups is 1. The number of rotatable bonds is 5. The molecule has 1 saturated heterocycles. The SMILES string of the molecule is COc1cc(N2CCOCC2)ccc1NC1=NC(N)(C2CCCCC2)C2=C(c3nnco3)NNC2=N1. The number of amidine groups is 1. The van der Waals surface area contributed by atoms with Gasteiger partial charge >= 0.3 is 0 Å². The molecule has 0 amide bonds. The Labute approximate surface area is 209 Å². The number of methoxy groups -OCH3 is 1. The molecule has 12 heteroatoms. The second kappa shape index (κ2) is 9.43. The first-order valence-corrected chi connectivity index (χ1v) is 12.4. The smallest absolute Gasteiger partial charge is 0.265 e. The van der Waals surface area contributed by atoms with Crippen molar-refractivity contribution < 1.29 is 13.9 Å². The minimum atomic E-state index is -1.01. The number of fused-ring (bicyclic) bond motifs is 1. The number of nitrogens with zero attached hydrogens (tertiary/aromatic N) is 5. The van der Waals surface area contributed by atoms with Crippen molar-refractivity contribution in [3.8, 4) is 5.75 Å². The average molecular weight is 494 g/mol. The number of hydrogen-bond donors (Lipinski definition) is 4. The number of hydrogen-bond acceptors (Lipinski definition) is 12. The standard InChI is InChI=1S/C24H31N9O3/c1-34-18-13-16(33-9-11-35-12-10-33)7-8-17(18)27-23-28-21-19(20(30-31-21)22-32-26-14-36-22)24(25,29-23)15-5-3-2-4-6-15/h7-8,13-15H,2-6,9-12,25H2,1H3,(H3,27,28,29,30,31). The van der Waals surface area contributed by atoms with Crippen molar-refractivity contribution >= 4 is 28.9 Å². The summed E-state index contributed by atoms with van der Waals surface area (Å²) in [6.07, 6.45) is 6.72. The van der Waals surface area contributed by atoms with Crippen molar-refractivity contribution in [3.63, 3.8) is 0 Å². The third kappa shape index (κ3) is 4.05. The van der Waals surface area contributed by atoms with Gasteiger partial charge in [-0.25, -0.2) is 4.99 Å². The molecule has 4 aliphatic rings. The van der Waals surface area contributed by atoms with Crippen LogP contribution in [0.25, 0.3) is 5.70 Å². The Hall–Kier alpha value is -3.64. The van der Waals surface area contributed by atoms with Crippen molar-refractivity contribution in [3.05, 3.63) is 36.1 Å². The minimum Gasteiger partial charge on any atom is -0.494 e. The summed E-state index contributed by atoms with van der Waals surface area (Å²) in [5.41, 5.74) is 15.6. The fraction of sp³-hybridized carbons (Fsp3) is 0.500. The van der Waals surface area contributed by atoms with Crippen LogP contribution in [0.4, 0.5) is 11.4 Å². The summed E-state index contributed by atoms with van der Waals surface area (Å²) in [6.45, 7) is 3.14. The van der Waals surface area contributed by atoms with E-state index in [1.807, 2.05) is 12.1 Å². The van der Waals surface area contributed by atoms with E-state index in [0.29, 0.717) is 29.1 Å². The maximum Gasteiger partial charge on any atom is 0.265 e. The molecule has 190 valence electrons. The number of guanidine groups is 1. The van der Waals surface area contributed by atoms with Crippen LogP contribution in [-0.4, -0.2) is 61.1 Å². The predicted octanol–water partition coefficient (Wildman–Crippen LogP) is 1.85. The molecule has 1 aliphatic carbocycles. The number of ether oxygens (including phenoxy) is 2. The van der Waals surface area contributed by atoms with Crippen LogP contribution in [0.5, 0.6) is 5.75 Å². The molecule has 2 fully saturated rings. The molecule has 0 bridgehead atoms. The minimum absolute atomic E-state index is 0.147. The summed E-state index contributed by atoms with van der Waals surface area (Å²) >= 11 is 0. The van der Waals surface area contributed by atoms with E-state index in [1.165, 1.54) is 12.8 Å². The highest BCUT2D eigenvalue weighted by Crippen LogP contribution is 2.42. The molecule has 1 unspecified atom stereocenters. The van der Waals surface area contributed by atoms with Crippen LogP contribution in [0, 0.1) is 5.92 Å². The zero-order chi connectivity index (χ0) is 24.5. The first-order valence-electron chi connectivity index (χ1n) is 12.4. The van der Waals surface area contributed by atoms with E-state index in [2.05, 4.69) is 37.3 Å². The van der Waals surface area contributed by atoms with E-state index < -0.39 is 5.66 Å². The lowest BCUT2D eigenvalue weighted by Gasteiger charge is -2.39. The topological polar surface area (TPSA) is 147 Å². The van der Waals surface area contributed by atoms with Gasteiger partial charge in [-0.3, -0.25) is 10.9 Å². The fourth-order valence-corrected chi connectivity index (χ4v) is 5.46. The molecule has 1 aromatic carbocycles. The molecule has 2 aromatic rings. The number of anilines is 2. The molecular weight excluding hydrogens is 462 g/mol. The first kappa shape index (κ1) is 22.8. The van der Waals surface area contributed by atoms with Crippen molar-refractivity contribution in [1.82, 2.24) is 21.0 Å². The van der Waals surface area contributed by atoms with Gasteiger partial charge in [0.15, 0.2) is 5.84 Å². The second-order valence-corrected chi connectivity index (χ2v) is 9.41. The Morgan fingerprint density at radius 2 is 2.00 bits per heavy atom. The lowest BCUT2D eigenvalue weighted by Crippen LogP contribution is -2.53. The molecule has 3 aliphatic heterocycles. The summed E-state index contributed by atoms with van der Waals surface area (Å²) in [4.78, 5) is 12.0. The van der Waals surface area contributed by atoms with Gasteiger partial charge in [-0.05, 0) is 25.0 Å². The molecule has 36 heavy (non-hydrogen) atoms. The fourth-order valence-electron chi connectivity index (χ4n) is 5.46. The normalized spacial score (nSPS) is 24.4. The third-order valence-corrected chi connectivity index (χ3v) is 7.31. The summed E-state index contributed by atoms with van der Waals surface area (Å²) in [5, 5.41) is 11.3. The molecule has 12 nitrogen and oxygen atoms in total. The monoisotopic (exact) mass is 493 g/mol. The van der Waals surface area contributed by atoms with E-state index in [1.54, 1.807) is 7.11 Å². The van der Waals surface area contributed by atoms with Gasteiger partial charge < -0.3 is 29.8 Å². The Bertz CT molecular complexity index is 1200. The molecule has 1 atom stereocenters. The lowest BCUT2D eigenvalue weighted by molar-refractivity contribution is 0.122. The Balaban J connectivity index is 1.35. The van der Waals surface area contributed by atoms with Gasteiger partial charge in [0, 0.05) is 30.8 Å². The van der Waals surface area contributed by atoms with Gasteiger partial charge in [0.05, 0.1) is 31.6 Å². The highest BCUT2D eigenvalue weighted by molar-refractivity contribution is 6.17. The van der Waals surface area contributed by atoms with Gasteiger partial charge in [-0.2, -0.15) is 4.99 Å². The van der Waals surface area contributed by atoms with Crippen LogP contribution < -0.4 is 31.5 Å². The van der Waals surface area contributed by atoms with Crippen molar-refractivity contribution in [2.24, 2.45) is 21.6 Å². The van der Waals surface area contributed by atoms with Gasteiger partial charge in [0.2, 0.25) is 12.4 Å². The predicted molar refractivity (Wildman–Crippen MR) is 136 cm³/mol. The van der Waals surface area contributed by atoms with Crippen LogP contribution in [-0.2, 0) is 4.74 Å². The van der Waals surface area contributed by atoms with Crippen LogP contribution in [0.15, 0.2) is 44.6 Å². The van der Waals surface area contributed by atoms with Gasteiger partial charge in [-0.1, -0.05) is 19.3 Å². The number of aliphatic imine (C=N–C) groups is 2. The Morgan fingerprint density at radius 3 is 2.75 bits per heavy atom. The quantitative estimate of drug-likeness (QED) is 0.486. The zero-order valence-corrected chi connectivity index (χ0v) is 20.3. The van der Waals surface area contributed by atoms with Crippen molar-refractivity contribution in [2.45, 2.75) is 37.8 Å². The number of nitrogens with two attached hydrogens (primary N) is 1. The van der Waals surface area contributed by atoms with E-state index in [0.717, 1.165) is 68.9 Å². The van der Waals surface area contributed by atoms with Gasteiger partial charge in [0.1, 0.15) is 17.1 Å². The van der Waals surface area contributed by atoms with E-state index in [4.69, 9.17) is 29.6 Å². The van der Waals surface area contributed by atoms with E-state index in [9.17, 15) is 0 Å². The maximum atomic E-state index is 7.17. The highest BCUT2D eigenvalue weighted by Gasteiger charge is 2.48. The van der Waals surface area contributed by atoms with Crippen LogP contribution in [0.2, 0.25) is 0 Å². The average Bonchev–Trinajstić information content (AvgIpc) is 3.61. The summed E-state index contributed by atoms with van der Waals surface area (Å²) in [6, 6.07) is 6.08. The highest BCUT2D eigenvalue weighted by atomic mass is 16.5. The van der Waals surface area contributed by atoms with Gasteiger partial charge in [0.25, 0.3) is 5.89 Å². The maximum absolute atomic E-state index is 7.17. The largest absolute Gasteiger partial charge is 0.494 e. The Kier molecular flexibility index (Phi) is 5.97. The van der Waals surface area contributed by atoms with E-state index >= 15 is 0 Å². The number of benzene rings is 1. The van der Waals surface area contributed by atoms with Crippen LogP contribution in [0.1, 0.15) is 38.0 Å². The third-order valence-electron chi connectivity index (χ3n) is 7.31. The van der Waals surface area contributed by atoms with Crippen LogP contribution in [0.3, 0.4) is 0 Å². The van der Waals surface area contributed by atoms with E-state index in [-0.39, 0.29) is 5.92 Å². The molecule has 4 heterocycles. The molecule has 0 radical (unpaired) electrons. The Morgan fingerprint density at radius 1 is 1.17 bits per heavy atom. The van der Waals surface area contributed by atoms with Gasteiger partial charge in [-0.15, -0.1) is 10.2 Å². The summed E-state index contributed by atoms with van der Waals surface area (Å²) < 4.78 is 16.7. The molecule has 5 N–H and O–H groups in total. The number of aromatic nitrogens is 2. The van der Waals surface area contributed by atoms with Crippen LogP contribution >= 0.6 is 0 Å². The second-order valence-electron chi connectivity index (χ2n) is 9.41. The molecule has 1 saturated carbocycles.